The fourth-order valence-corrected chi connectivity index (χ4v) is 3.98. The summed E-state index contributed by atoms with van der Waals surface area (Å²) in [6, 6.07) is -0.325. The molecule has 150 valence electrons. The number of ether oxygens (including phenoxy) is 2. The maximum atomic E-state index is 13.2. The quantitative estimate of drug-likeness (QED) is 0.864. The third kappa shape index (κ3) is 3.05. The predicted molar refractivity (Wildman–Crippen MR) is 103 cm³/mol. The van der Waals surface area contributed by atoms with Crippen molar-refractivity contribution >= 4 is 0 Å². The van der Waals surface area contributed by atoms with Crippen LogP contribution in [0, 0.1) is 0 Å². The molecule has 8 nitrogen and oxygen atoms in total. The van der Waals surface area contributed by atoms with Crippen molar-refractivity contribution in [3.63, 3.8) is 0 Å². The number of aromatic amines is 1. The number of nitrogens with zero attached hydrogens (tertiary/aromatic N) is 3. The molecule has 1 N–H and O–H groups in total. The Labute approximate surface area is 162 Å². The van der Waals surface area contributed by atoms with Crippen molar-refractivity contribution in [3.8, 4) is 5.75 Å². The first-order valence-electron chi connectivity index (χ1n) is 9.84. The fraction of sp³-hybridized carbons (Fsp3) is 0.600. The van der Waals surface area contributed by atoms with Crippen LogP contribution in [0.2, 0.25) is 0 Å². The fourth-order valence-electron chi connectivity index (χ4n) is 3.98. The maximum absolute atomic E-state index is 13.2. The number of fused-ring (bicyclic) bond motifs is 2. The van der Waals surface area contributed by atoms with Gasteiger partial charge in [-0.2, -0.15) is 10.2 Å². The van der Waals surface area contributed by atoms with Crippen molar-refractivity contribution in [3.05, 3.63) is 48.8 Å². The molecule has 1 unspecified atom stereocenters. The van der Waals surface area contributed by atoms with Crippen LogP contribution in [0.4, 0.5) is 0 Å². The third-order valence-corrected chi connectivity index (χ3v) is 5.46. The Hall–Kier alpha value is -2.48. The number of H-pyrrole nitrogens is 1. The van der Waals surface area contributed by atoms with Gasteiger partial charge in [-0.05, 0) is 5.92 Å². The number of aromatic nitrogens is 4. The van der Waals surface area contributed by atoms with Crippen molar-refractivity contribution < 1.29 is 9.47 Å². The molecule has 2 aliphatic heterocycles. The Balaban J connectivity index is 1.80. The standard InChI is InChI=1S/C20H26N4O4/c1-10(2)16-15-9-27-6-5-13(15)20(26)24(23-16)12-7-14-18(28-8-12)17(11(3)4)21-22-19(14)25/h10-12H,5-9H2,1-4H3,(H,22,25). The zero-order valence-electron chi connectivity index (χ0n) is 16.7. The molecule has 0 amide bonds. The Morgan fingerprint density at radius 1 is 1.07 bits per heavy atom. The number of hydrogen-bond donors (Lipinski definition) is 1. The highest BCUT2D eigenvalue weighted by atomic mass is 16.5. The summed E-state index contributed by atoms with van der Waals surface area (Å²) in [5.41, 5.74) is 3.48. The molecular formula is C20H26N4O4. The molecule has 0 fully saturated rings. The van der Waals surface area contributed by atoms with E-state index in [9.17, 15) is 9.59 Å². The molecule has 0 saturated carbocycles. The summed E-state index contributed by atoms with van der Waals surface area (Å²) in [6.45, 7) is 9.38. The molecule has 0 saturated heterocycles. The molecule has 4 rings (SSSR count). The second kappa shape index (κ2) is 7.16. The Bertz CT molecular complexity index is 1020. The minimum atomic E-state index is -0.325. The summed E-state index contributed by atoms with van der Waals surface area (Å²) in [5, 5.41) is 11.4. The molecule has 0 spiro atoms. The molecule has 2 aromatic heterocycles. The number of hydrogen-bond acceptors (Lipinski definition) is 6. The maximum Gasteiger partial charge on any atom is 0.271 e. The first-order chi connectivity index (χ1) is 13.4. The van der Waals surface area contributed by atoms with E-state index in [4.69, 9.17) is 9.47 Å². The lowest BCUT2D eigenvalue weighted by atomic mass is 9.96. The predicted octanol–water partition coefficient (Wildman–Crippen LogP) is 1.82. The van der Waals surface area contributed by atoms with Gasteiger partial charge >= 0.3 is 0 Å². The van der Waals surface area contributed by atoms with E-state index in [1.54, 1.807) is 0 Å². The van der Waals surface area contributed by atoms with Crippen LogP contribution in [0.1, 0.15) is 73.7 Å². The van der Waals surface area contributed by atoms with Crippen LogP contribution in [0.5, 0.6) is 5.75 Å². The van der Waals surface area contributed by atoms with Crippen LogP contribution in [-0.2, 0) is 24.2 Å². The summed E-state index contributed by atoms with van der Waals surface area (Å²) in [4.78, 5) is 25.5. The Morgan fingerprint density at radius 2 is 1.82 bits per heavy atom. The van der Waals surface area contributed by atoms with Gasteiger partial charge < -0.3 is 9.47 Å². The van der Waals surface area contributed by atoms with Gasteiger partial charge in [0.1, 0.15) is 12.3 Å². The summed E-state index contributed by atoms with van der Waals surface area (Å²) in [7, 11) is 0. The molecule has 2 aromatic rings. The van der Waals surface area contributed by atoms with Crippen molar-refractivity contribution in [1.82, 2.24) is 20.0 Å². The van der Waals surface area contributed by atoms with Crippen LogP contribution in [0.25, 0.3) is 0 Å². The summed E-state index contributed by atoms with van der Waals surface area (Å²) < 4.78 is 13.0. The minimum Gasteiger partial charge on any atom is -0.489 e. The average Bonchev–Trinajstić information content (AvgIpc) is 2.68. The highest BCUT2D eigenvalue weighted by molar-refractivity contribution is 5.39. The van der Waals surface area contributed by atoms with Gasteiger partial charge in [0.05, 0.1) is 30.5 Å². The van der Waals surface area contributed by atoms with E-state index < -0.39 is 0 Å². The summed E-state index contributed by atoms with van der Waals surface area (Å²) >= 11 is 0. The van der Waals surface area contributed by atoms with Gasteiger partial charge in [-0.25, -0.2) is 9.78 Å². The van der Waals surface area contributed by atoms with Crippen LogP contribution < -0.4 is 15.9 Å². The van der Waals surface area contributed by atoms with E-state index in [0.29, 0.717) is 37.4 Å². The van der Waals surface area contributed by atoms with Crippen molar-refractivity contribution in [2.24, 2.45) is 0 Å². The molecular weight excluding hydrogens is 360 g/mol. The van der Waals surface area contributed by atoms with E-state index in [0.717, 1.165) is 22.5 Å². The average molecular weight is 386 g/mol. The number of nitrogens with one attached hydrogen (secondary N) is 1. The van der Waals surface area contributed by atoms with Crippen molar-refractivity contribution in [1.29, 1.82) is 0 Å². The minimum absolute atomic E-state index is 0.102. The van der Waals surface area contributed by atoms with Crippen LogP contribution in [-0.4, -0.2) is 33.2 Å². The molecule has 4 heterocycles. The van der Waals surface area contributed by atoms with E-state index in [1.165, 1.54) is 4.68 Å². The molecule has 2 aliphatic rings. The first kappa shape index (κ1) is 18.9. The molecule has 0 bridgehead atoms. The van der Waals surface area contributed by atoms with Crippen LogP contribution >= 0.6 is 0 Å². The van der Waals surface area contributed by atoms with E-state index >= 15 is 0 Å². The van der Waals surface area contributed by atoms with Crippen molar-refractivity contribution in [2.45, 2.75) is 65.0 Å². The van der Waals surface area contributed by atoms with Gasteiger partial charge in [-0.1, -0.05) is 27.7 Å². The molecule has 28 heavy (non-hydrogen) atoms. The first-order valence-corrected chi connectivity index (χ1v) is 9.84. The van der Waals surface area contributed by atoms with Crippen molar-refractivity contribution in [2.75, 3.05) is 13.2 Å². The lowest BCUT2D eigenvalue weighted by Gasteiger charge is -2.29. The normalized spacial score (nSPS) is 18.7. The van der Waals surface area contributed by atoms with E-state index in [2.05, 4.69) is 29.1 Å². The highest BCUT2D eigenvalue weighted by Gasteiger charge is 2.31. The topological polar surface area (TPSA) is 99.1 Å². The lowest BCUT2D eigenvalue weighted by molar-refractivity contribution is 0.107. The smallest absolute Gasteiger partial charge is 0.271 e. The Kier molecular flexibility index (Phi) is 4.82. The lowest BCUT2D eigenvalue weighted by Crippen LogP contribution is -2.40. The van der Waals surface area contributed by atoms with Crippen LogP contribution in [0.3, 0.4) is 0 Å². The van der Waals surface area contributed by atoms with E-state index in [1.807, 2.05) is 13.8 Å². The molecule has 0 aliphatic carbocycles. The Morgan fingerprint density at radius 3 is 2.54 bits per heavy atom. The monoisotopic (exact) mass is 386 g/mol. The van der Waals surface area contributed by atoms with Gasteiger partial charge in [-0.3, -0.25) is 9.59 Å². The third-order valence-electron chi connectivity index (χ3n) is 5.46. The zero-order chi connectivity index (χ0) is 20.0. The largest absolute Gasteiger partial charge is 0.489 e. The van der Waals surface area contributed by atoms with Gasteiger partial charge in [0.2, 0.25) is 0 Å². The zero-order valence-corrected chi connectivity index (χ0v) is 16.7. The molecule has 0 aromatic carbocycles. The van der Waals surface area contributed by atoms with Gasteiger partial charge in [-0.15, -0.1) is 0 Å². The molecule has 0 radical (unpaired) electrons. The summed E-state index contributed by atoms with van der Waals surface area (Å²) in [6.07, 6.45) is 0.981. The van der Waals surface area contributed by atoms with Gasteiger partial charge in [0.15, 0.2) is 5.75 Å². The second-order valence-corrected chi connectivity index (χ2v) is 8.12. The van der Waals surface area contributed by atoms with Crippen LogP contribution in [0.15, 0.2) is 9.59 Å². The summed E-state index contributed by atoms with van der Waals surface area (Å²) in [5.74, 6) is 0.844. The molecule has 1 atom stereocenters. The van der Waals surface area contributed by atoms with Gasteiger partial charge in [0, 0.05) is 29.9 Å². The van der Waals surface area contributed by atoms with Gasteiger partial charge in [0.25, 0.3) is 11.1 Å². The highest BCUT2D eigenvalue weighted by Crippen LogP contribution is 2.32. The molecule has 8 heteroatoms. The number of rotatable bonds is 3. The second-order valence-electron chi connectivity index (χ2n) is 8.12. The SMILES string of the molecule is CC(C)c1nn(C2COc3c(C(C)C)n[nH]c(=O)c3C2)c(=O)c2c1COCC2. The van der Waals surface area contributed by atoms with E-state index in [-0.39, 0.29) is 35.6 Å².